The van der Waals surface area contributed by atoms with E-state index in [2.05, 4.69) is 10.5 Å². The summed E-state index contributed by atoms with van der Waals surface area (Å²) in [5.74, 6) is -7.82. The fourth-order valence-corrected chi connectivity index (χ4v) is 6.06. The van der Waals surface area contributed by atoms with Gasteiger partial charge < -0.3 is 24.9 Å². The highest BCUT2D eigenvalue weighted by atomic mass is 19.1. The number of esters is 1. The number of oxime groups is 1. The summed E-state index contributed by atoms with van der Waals surface area (Å²) in [6, 6.07) is 21.4. The number of halogens is 2. The maximum atomic E-state index is 14.5. The maximum Gasteiger partial charge on any atom is 0.344 e. The number of ketones is 1. The number of aliphatic carboxylic acids is 1. The minimum absolute atomic E-state index is 0.172. The van der Waals surface area contributed by atoms with Crippen molar-refractivity contribution in [2.24, 2.45) is 11.1 Å². The summed E-state index contributed by atoms with van der Waals surface area (Å²) in [5, 5.41) is 18.6. The van der Waals surface area contributed by atoms with E-state index in [0.717, 1.165) is 33.9 Å². The maximum absolute atomic E-state index is 14.5. The van der Waals surface area contributed by atoms with Crippen molar-refractivity contribution in [1.29, 1.82) is 0 Å². The van der Waals surface area contributed by atoms with Crippen molar-refractivity contribution in [3.63, 3.8) is 0 Å². The molecule has 4 aromatic rings. The lowest BCUT2D eigenvalue weighted by Crippen LogP contribution is -2.54. The zero-order valence-electron chi connectivity index (χ0n) is 28.0. The molecule has 1 unspecified atom stereocenters. The Morgan fingerprint density at radius 2 is 1.55 bits per heavy atom. The second-order valence-electron chi connectivity index (χ2n) is 12.4. The molecule has 0 spiro atoms. The molecule has 11 nitrogen and oxygen atoms in total. The molecule has 3 atom stereocenters. The van der Waals surface area contributed by atoms with E-state index in [4.69, 9.17) is 9.57 Å². The first kappa shape index (κ1) is 36.3. The van der Waals surface area contributed by atoms with Crippen LogP contribution in [0.2, 0.25) is 0 Å². The van der Waals surface area contributed by atoms with Crippen LogP contribution in [0, 0.1) is 17.6 Å². The number of hydrogen-bond donors (Lipinski definition) is 2. The lowest BCUT2D eigenvalue weighted by Gasteiger charge is -2.34. The number of benzene rings is 4. The van der Waals surface area contributed by atoms with Crippen LogP contribution in [0.1, 0.15) is 53.0 Å². The molecule has 5 rings (SSSR count). The van der Waals surface area contributed by atoms with Crippen LogP contribution in [-0.4, -0.2) is 71.0 Å². The smallest absolute Gasteiger partial charge is 0.344 e. The lowest BCUT2D eigenvalue weighted by molar-refractivity contribution is -0.161. The van der Waals surface area contributed by atoms with Gasteiger partial charge in [-0.1, -0.05) is 91.8 Å². The third-order valence-electron chi connectivity index (χ3n) is 8.72. The Labute approximate surface area is 291 Å². The Morgan fingerprint density at radius 3 is 2.22 bits per heavy atom. The summed E-state index contributed by atoms with van der Waals surface area (Å²) < 4.78 is 33.1. The van der Waals surface area contributed by atoms with Crippen LogP contribution in [0.25, 0.3) is 10.8 Å². The van der Waals surface area contributed by atoms with Crippen LogP contribution in [-0.2, 0) is 29.6 Å². The number of rotatable bonds is 13. The highest BCUT2D eigenvalue weighted by Crippen LogP contribution is 2.39. The van der Waals surface area contributed by atoms with Crippen molar-refractivity contribution in [2.75, 3.05) is 13.7 Å². The Bertz CT molecular complexity index is 1990. The molecular weight excluding hydrogens is 664 g/mol. The topological polar surface area (TPSA) is 152 Å². The van der Waals surface area contributed by atoms with Crippen LogP contribution in [0.5, 0.6) is 0 Å². The average molecular weight is 700 g/mol. The van der Waals surface area contributed by atoms with E-state index in [-0.39, 0.29) is 18.2 Å². The Kier molecular flexibility index (Phi) is 10.9. The molecule has 264 valence electrons. The van der Waals surface area contributed by atoms with Gasteiger partial charge in [0, 0.05) is 24.6 Å². The van der Waals surface area contributed by atoms with Crippen LogP contribution >= 0.6 is 0 Å². The average Bonchev–Trinajstić information content (AvgIpc) is 3.57. The number of carbonyl (C=O) groups is 5. The highest BCUT2D eigenvalue weighted by molar-refractivity contribution is 6.09. The molecule has 0 aliphatic carbocycles. The zero-order chi connectivity index (χ0) is 36.9. The molecule has 1 aliphatic heterocycles. The van der Waals surface area contributed by atoms with Gasteiger partial charge in [-0.3, -0.25) is 19.2 Å². The van der Waals surface area contributed by atoms with Crippen LogP contribution in [0.4, 0.5) is 8.78 Å². The number of hydrogen-bond acceptors (Lipinski definition) is 8. The van der Waals surface area contributed by atoms with E-state index in [0.29, 0.717) is 16.8 Å². The molecule has 13 heteroatoms. The van der Waals surface area contributed by atoms with Gasteiger partial charge in [0.15, 0.2) is 12.4 Å². The number of Topliss-reactive ketones (excluding diaryl/α,β-unsaturated/α-hetero) is 1. The van der Waals surface area contributed by atoms with Crippen molar-refractivity contribution in [2.45, 2.75) is 44.4 Å². The largest absolute Gasteiger partial charge is 0.481 e. The molecule has 0 saturated heterocycles. The summed E-state index contributed by atoms with van der Waals surface area (Å²) >= 11 is 0. The normalized spacial score (nSPS) is 16.5. The van der Waals surface area contributed by atoms with Gasteiger partial charge in [-0.25, -0.2) is 13.6 Å². The Balaban J connectivity index is 1.40. The number of carboxylic acids is 1. The van der Waals surface area contributed by atoms with Crippen molar-refractivity contribution >= 4 is 46.0 Å². The molecule has 2 N–H and O–H groups in total. The first-order chi connectivity index (χ1) is 24.3. The molecule has 0 bridgehead atoms. The van der Waals surface area contributed by atoms with E-state index >= 15 is 0 Å². The zero-order valence-corrected chi connectivity index (χ0v) is 28.0. The van der Waals surface area contributed by atoms with E-state index in [1.807, 2.05) is 44.2 Å². The third kappa shape index (κ3) is 7.62. The number of likely N-dealkylation sites (N-methyl/N-ethyl adjacent to an activating group) is 1. The minimum Gasteiger partial charge on any atom is -0.481 e. The van der Waals surface area contributed by atoms with Crippen molar-refractivity contribution in [3.05, 3.63) is 119 Å². The number of amides is 2. The number of nitrogens with one attached hydrogen (secondary N) is 1. The summed E-state index contributed by atoms with van der Waals surface area (Å²) in [6.07, 6.45) is -1.06. The molecule has 0 aromatic heterocycles. The fraction of sp³-hybridized carbons (Fsp3) is 0.263. The van der Waals surface area contributed by atoms with Crippen LogP contribution in [0.3, 0.4) is 0 Å². The molecule has 1 heterocycles. The van der Waals surface area contributed by atoms with Gasteiger partial charge in [0.05, 0.1) is 18.2 Å². The van der Waals surface area contributed by atoms with Gasteiger partial charge in [0.2, 0.25) is 5.60 Å². The van der Waals surface area contributed by atoms with Crippen molar-refractivity contribution < 1.29 is 47.4 Å². The standard InChI is InChI=1S/C38H35F2N3O8/c1-22(2)34(41-35(47)26-16-9-12-23-11-7-8-15-25(23)26)29-20-38(51-42-29,24-13-5-4-6-14-24)37(49)43(3)30(19-32(45)46)31(44)21-50-36(48)33-27(39)17-10-18-28(33)40/h4-18,22,30,34H,19-21H2,1-3H3,(H,41,47)(H,45,46)/t30-,34-,38?/m0/s1. The van der Waals surface area contributed by atoms with Crippen LogP contribution in [0.15, 0.2) is 96.2 Å². The van der Waals surface area contributed by atoms with E-state index in [1.165, 1.54) is 7.05 Å². The van der Waals surface area contributed by atoms with Gasteiger partial charge in [-0.15, -0.1) is 0 Å². The minimum atomic E-state index is -1.88. The number of fused-ring (bicyclic) bond motifs is 1. The van der Waals surface area contributed by atoms with E-state index < -0.39 is 71.5 Å². The van der Waals surface area contributed by atoms with Gasteiger partial charge in [-0.2, -0.15) is 0 Å². The van der Waals surface area contributed by atoms with Crippen molar-refractivity contribution in [1.82, 2.24) is 10.2 Å². The summed E-state index contributed by atoms with van der Waals surface area (Å²) in [4.78, 5) is 72.6. The second-order valence-corrected chi connectivity index (χ2v) is 12.4. The number of carbonyl (C=O) groups excluding carboxylic acids is 4. The highest BCUT2D eigenvalue weighted by Gasteiger charge is 2.53. The Morgan fingerprint density at radius 1 is 0.922 bits per heavy atom. The molecule has 0 fully saturated rings. The van der Waals surface area contributed by atoms with Gasteiger partial charge >= 0.3 is 11.9 Å². The van der Waals surface area contributed by atoms with Gasteiger partial charge in [0.1, 0.15) is 23.2 Å². The van der Waals surface area contributed by atoms with Gasteiger partial charge in [-0.05, 0) is 34.9 Å². The fourth-order valence-electron chi connectivity index (χ4n) is 6.06. The van der Waals surface area contributed by atoms with E-state index in [9.17, 15) is 37.9 Å². The summed E-state index contributed by atoms with van der Waals surface area (Å²) in [6.45, 7) is 2.64. The molecule has 51 heavy (non-hydrogen) atoms. The van der Waals surface area contributed by atoms with E-state index in [1.54, 1.807) is 42.5 Å². The monoisotopic (exact) mass is 699 g/mol. The summed E-state index contributed by atoms with van der Waals surface area (Å²) in [5.41, 5.74) is -1.80. The Hall–Kier alpha value is -5.98. The third-order valence-corrected chi connectivity index (χ3v) is 8.72. The van der Waals surface area contributed by atoms with Crippen molar-refractivity contribution in [3.8, 4) is 0 Å². The number of ether oxygens (including phenoxy) is 1. The number of carboxylic acid groups (broad SMARTS) is 1. The molecular formula is C38H35F2N3O8. The molecule has 0 radical (unpaired) electrons. The quantitative estimate of drug-likeness (QED) is 0.179. The van der Waals surface area contributed by atoms with Crippen LogP contribution < -0.4 is 5.32 Å². The molecule has 1 aliphatic rings. The van der Waals surface area contributed by atoms with Gasteiger partial charge in [0.25, 0.3) is 11.8 Å². The predicted octanol–water partition coefficient (Wildman–Crippen LogP) is 5.27. The predicted molar refractivity (Wildman–Crippen MR) is 182 cm³/mol. The molecule has 0 saturated carbocycles. The lowest BCUT2D eigenvalue weighted by atomic mass is 9.83. The first-order valence-electron chi connectivity index (χ1n) is 16.1. The second kappa shape index (κ2) is 15.3. The first-order valence-corrected chi connectivity index (χ1v) is 16.1. The molecule has 2 amide bonds. The summed E-state index contributed by atoms with van der Waals surface area (Å²) in [7, 11) is 1.19. The SMILES string of the molecule is CC(C)[C@H](NC(=O)c1cccc2ccccc12)C1=NOC(C(=O)N(C)[C@@H](CC(=O)O)C(=O)COC(=O)c2c(F)cccc2F)(c2ccccc2)C1. The number of nitrogens with zero attached hydrogens (tertiary/aromatic N) is 2. The molecule has 4 aromatic carbocycles.